The largest absolute Gasteiger partial charge is 0.480 e. The fourth-order valence-corrected chi connectivity index (χ4v) is 1.88. The van der Waals surface area contributed by atoms with Crippen molar-refractivity contribution < 1.29 is 14.7 Å². The molecule has 0 saturated heterocycles. The molecular weight excluding hydrogens is 260 g/mol. The molecule has 20 heavy (non-hydrogen) atoms. The van der Waals surface area contributed by atoms with Gasteiger partial charge in [-0.3, -0.25) is 4.68 Å². The fraction of sp³-hybridized carbons (Fsp3) is 0.615. The SMILES string of the molecule is CCc1nn(C)cc1NC(=O)N[C@H](C(=O)O)[C@@H](C)CC. The zero-order valence-corrected chi connectivity index (χ0v) is 12.3. The molecule has 7 nitrogen and oxygen atoms in total. The maximum atomic E-state index is 11.9. The van der Waals surface area contributed by atoms with Gasteiger partial charge in [0.2, 0.25) is 0 Å². The lowest BCUT2D eigenvalue weighted by molar-refractivity contribution is -0.140. The molecule has 2 amide bonds. The standard InChI is InChI=1S/C13H22N4O3/c1-5-8(3)11(12(18)19)15-13(20)14-10-7-17(4)16-9(10)6-2/h7-8,11H,5-6H2,1-4H3,(H,18,19)(H2,14,15,20)/t8-,11-/m0/s1. The van der Waals surface area contributed by atoms with Crippen LogP contribution in [0.5, 0.6) is 0 Å². The number of urea groups is 1. The molecule has 0 aliphatic carbocycles. The first-order valence-electron chi connectivity index (χ1n) is 6.71. The van der Waals surface area contributed by atoms with Gasteiger partial charge in [-0.25, -0.2) is 9.59 Å². The zero-order chi connectivity index (χ0) is 15.3. The Balaban J connectivity index is 2.73. The van der Waals surface area contributed by atoms with Crippen LogP contribution in [0.3, 0.4) is 0 Å². The molecule has 0 unspecified atom stereocenters. The van der Waals surface area contributed by atoms with E-state index in [2.05, 4.69) is 15.7 Å². The van der Waals surface area contributed by atoms with Crippen LogP contribution in [0.25, 0.3) is 0 Å². The number of hydrogen-bond donors (Lipinski definition) is 3. The van der Waals surface area contributed by atoms with Crippen molar-refractivity contribution in [2.75, 3.05) is 5.32 Å². The van der Waals surface area contributed by atoms with Crippen molar-refractivity contribution in [2.45, 2.75) is 39.7 Å². The van der Waals surface area contributed by atoms with Gasteiger partial charge in [-0.05, 0) is 12.3 Å². The Morgan fingerprint density at radius 2 is 2.10 bits per heavy atom. The van der Waals surface area contributed by atoms with E-state index in [1.807, 2.05) is 13.8 Å². The summed E-state index contributed by atoms with van der Waals surface area (Å²) in [6.45, 7) is 5.61. The molecule has 0 spiro atoms. The summed E-state index contributed by atoms with van der Waals surface area (Å²) in [7, 11) is 1.77. The van der Waals surface area contributed by atoms with Crippen LogP contribution in [-0.4, -0.2) is 32.9 Å². The number of carbonyl (C=O) groups excluding carboxylic acids is 1. The van der Waals surface area contributed by atoms with Crippen molar-refractivity contribution in [1.82, 2.24) is 15.1 Å². The van der Waals surface area contributed by atoms with Gasteiger partial charge < -0.3 is 15.7 Å². The highest BCUT2D eigenvalue weighted by Crippen LogP contribution is 2.14. The van der Waals surface area contributed by atoms with Gasteiger partial charge in [0.1, 0.15) is 6.04 Å². The van der Waals surface area contributed by atoms with E-state index in [0.29, 0.717) is 18.5 Å². The molecule has 1 aromatic heterocycles. The molecule has 0 fully saturated rings. The summed E-state index contributed by atoms with van der Waals surface area (Å²) in [5.41, 5.74) is 1.36. The van der Waals surface area contributed by atoms with E-state index in [1.54, 1.807) is 24.9 Å². The molecule has 0 aliphatic rings. The number of nitrogens with zero attached hydrogens (tertiary/aromatic N) is 2. The van der Waals surface area contributed by atoms with Gasteiger partial charge in [-0.2, -0.15) is 5.10 Å². The minimum Gasteiger partial charge on any atom is -0.480 e. The molecule has 1 heterocycles. The minimum absolute atomic E-state index is 0.141. The molecule has 7 heteroatoms. The Bertz CT molecular complexity index is 484. The van der Waals surface area contributed by atoms with Crippen LogP contribution in [0.1, 0.15) is 32.9 Å². The predicted molar refractivity (Wildman–Crippen MR) is 75.6 cm³/mol. The van der Waals surface area contributed by atoms with Crippen LogP contribution in [0.15, 0.2) is 6.20 Å². The quantitative estimate of drug-likeness (QED) is 0.738. The molecule has 0 bridgehead atoms. The molecule has 1 rings (SSSR count). The fourth-order valence-electron chi connectivity index (χ4n) is 1.88. The van der Waals surface area contributed by atoms with Crippen molar-refractivity contribution in [3.63, 3.8) is 0 Å². The summed E-state index contributed by atoms with van der Waals surface area (Å²) in [5, 5.41) is 18.5. The second kappa shape index (κ2) is 6.93. The molecular formula is C13H22N4O3. The lowest BCUT2D eigenvalue weighted by atomic mass is 9.99. The Hall–Kier alpha value is -2.05. The van der Waals surface area contributed by atoms with Crippen molar-refractivity contribution in [1.29, 1.82) is 0 Å². The first kappa shape index (κ1) is 16.0. The van der Waals surface area contributed by atoms with Crippen LogP contribution in [0.2, 0.25) is 0 Å². The number of carboxylic acid groups (broad SMARTS) is 1. The number of nitrogens with one attached hydrogen (secondary N) is 2. The third-order valence-corrected chi connectivity index (χ3v) is 3.25. The van der Waals surface area contributed by atoms with E-state index in [1.165, 1.54) is 0 Å². The summed E-state index contributed by atoms with van der Waals surface area (Å²) in [5.74, 6) is -1.17. The van der Waals surface area contributed by atoms with Crippen LogP contribution in [-0.2, 0) is 18.3 Å². The summed E-state index contributed by atoms with van der Waals surface area (Å²) >= 11 is 0. The smallest absolute Gasteiger partial charge is 0.326 e. The molecule has 0 radical (unpaired) electrons. The number of aryl methyl sites for hydroxylation is 2. The van der Waals surface area contributed by atoms with Gasteiger partial charge in [0.15, 0.2) is 0 Å². The van der Waals surface area contributed by atoms with Crippen LogP contribution in [0.4, 0.5) is 10.5 Å². The topological polar surface area (TPSA) is 96.3 Å². The third kappa shape index (κ3) is 3.97. The maximum Gasteiger partial charge on any atom is 0.326 e. The summed E-state index contributed by atoms with van der Waals surface area (Å²) in [6, 6.07) is -1.43. The second-order valence-corrected chi connectivity index (χ2v) is 4.82. The predicted octanol–water partition coefficient (Wildman–Crippen LogP) is 1.60. The number of carbonyl (C=O) groups is 2. The average molecular weight is 282 g/mol. The van der Waals surface area contributed by atoms with E-state index in [-0.39, 0.29) is 5.92 Å². The van der Waals surface area contributed by atoms with Crippen molar-refractivity contribution in [3.8, 4) is 0 Å². The van der Waals surface area contributed by atoms with Gasteiger partial charge in [-0.1, -0.05) is 27.2 Å². The maximum absolute atomic E-state index is 11.9. The van der Waals surface area contributed by atoms with Gasteiger partial charge >= 0.3 is 12.0 Å². The number of amides is 2. The van der Waals surface area contributed by atoms with Gasteiger partial charge in [0.05, 0.1) is 11.4 Å². The summed E-state index contributed by atoms with van der Waals surface area (Å²) in [4.78, 5) is 23.1. The van der Waals surface area contributed by atoms with Crippen molar-refractivity contribution >= 4 is 17.7 Å². The van der Waals surface area contributed by atoms with E-state index < -0.39 is 18.0 Å². The van der Waals surface area contributed by atoms with Crippen LogP contribution >= 0.6 is 0 Å². The summed E-state index contributed by atoms with van der Waals surface area (Å²) in [6.07, 6.45) is 3.05. The molecule has 0 aliphatic heterocycles. The molecule has 0 saturated carbocycles. The van der Waals surface area contributed by atoms with E-state index in [4.69, 9.17) is 5.11 Å². The Morgan fingerprint density at radius 3 is 2.60 bits per heavy atom. The van der Waals surface area contributed by atoms with Gasteiger partial charge in [-0.15, -0.1) is 0 Å². The van der Waals surface area contributed by atoms with Gasteiger partial charge in [0, 0.05) is 13.2 Å². The van der Waals surface area contributed by atoms with E-state index in [0.717, 1.165) is 5.69 Å². The molecule has 2 atom stereocenters. The van der Waals surface area contributed by atoms with Crippen LogP contribution < -0.4 is 10.6 Å². The normalized spacial score (nSPS) is 13.6. The first-order chi connectivity index (χ1) is 9.38. The van der Waals surface area contributed by atoms with Gasteiger partial charge in [0.25, 0.3) is 0 Å². The zero-order valence-electron chi connectivity index (χ0n) is 12.3. The second-order valence-electron chi connectivity index (χ2n) is 4.82. The Morgan fingerprint density at radius 1 is 1.45 bits per heavy atom. The Labute approximate surface area is 118 Å². The highest BCUT2D eigenvalue weighted by molar-refractivity contribution is 5.92. The Kier molecular flexibility index (Phi) is 5.54. The number of carboxylic acids is 1. The monoisotopic (exact) mass is 282 g/mol. The molecule has 0 aromatic carbocycles. The van der Waals surface area contributed by atoms with Crippen molar-refractivity contribution in [2.24, 2.45) is 13.0 Å². The van der Waals surface area contributed by atoms with E-state index >= 15 is 0 Å². The lowest BCUT2D eigenvalue weighted by Crippen LogP contribution is -2.46. The number of rotatable bonds is 6. The molecule has 3 N–H and O–H groups in total. The minimum atomic E-state index is -1.03. The highest BCUT2D eigenvalue weighted by atomic mass is 16.4. The lowest BCUT2D eigenvalue weighted by Gasteiger charge is -2.20. The number of aromatic nitrogens is 2. The summed E-state index contributed by atoms with van der Waals surface area (Å²) < 4.78 is 1.61. The first-order valence-corrected chi connectivity index (χ1v) is 6.71. The third-order valence-electron chi connectivity index (χ3n) is 3.25. The average Bonchev–Trinajstić information content (AvgIpc) is 2.74. The number of hydrogen-bond acceptors (Lipinski definition) is 3. The van der Waals surface area contributed by atoms with Crippen molar-refractivity contribution in [3.05, 3.63) is 11.9 Å². The van der Waals surface area contributed by atoms with Crippen LogP contribution in [0, 0.1) is 5.92 Å². The van der Waals surface area contributed by atoms with E-state index in [9.17, 15) is 9.59 Å². The highest BCUT2D eigenvalue weighted by Gasteiger charge is 2.25. The molecule has 112 valence electrons. The molecule has 1 aromatic rings. The number of aliphatic carboxylic acids is 1. The number of anilines is 1.